The molecule has 0 saturated heterocycles. The minimum Gasteiger partial charge on any atom is -0.350 e. The fourth-order valence-electron chi connectivity index (χ4n) is 1.73. The predicted octanol–water partition coefficient (Wildman–Crippen LogP) is 1.77. The first-order chi connectivity index (χ1) is 9.04. The Hall–Kier alpha value is -1.95. The average molecular weight is 265 g/mol. The molecule has 0 bridgehead atoms. The smallest absolute Gasteiger partial charge is 0.269 e. The lowest BCUT2D eigenvalue weighted by Gasteiger charge is -2.14. The highest BCUT2D eigenvalue weighted by atomic mass is 16.6. The number of nitrogens with zero attached hydrogens (tertiary/aromatic N) is 1. The fraction of sp³-hybridized carbons (Fsp3) is 0.462. The topological polar surface area (TPSA) is 84.3 Å². The molecule has 1 unspecified atom stereocenters. The number of hydrogen-bond donors (Lipinski definition) is 2. The quantitative estimate of drug-likeness (QED) is 0.447. The molecule has 0 aliphatic rings. The monoisotopic (exact) mass is 265 g/mol. The van der Waals surface area contributed by atoms with Gasteiger partial charge in [-0.15, -0.1) is 0 Å². The molecule has 6 nitrogen and oxygen atoms in total. The van der Waals surface area contributed by atoms with Crippen molar-refractivity contribution >= 4 is 11.6 Å². The first-order valence-corrected chi connectivity index (χ1v) is 6.23. The molecule has 2 N–H and O–H groups in total. The highest BCUT2D eigenvalue weighted by Crippen LogP contribution is 2.18. The molecule has 0 spiro atoms. The molecular weight excluding hydrogens is 246 g/mol. The van der Waals surface area contributed by atoms with Crippen LogP contribution < -0.4 is 10.6 Å². The van der Waals surface area contributed by atoms with E-state index in [-0.39, 0.29) is 17.6 Å². The van der Waals surface area contributed by atoms with Crippen LogP contribution in [0.3, 0.4) is 0 Å². The minimum absolute atomic E-state index is 0.0359. The highest BCUT2D eigenvalue weighted by molar-refractivity contribution is 5.76. The van der Waals surface area contributed by atoms with Crippen LogP contribution in [0, 0.1) is 10.1 Å². The van der Waals surface area contributed by atoms with Crippen molar-refractivity contribution in [3.05, 3.63) is 39.9 Å². The Balaban J connectivity index is 2.57. The van der Waals surface area contributed by atoms with Gasteiger partial charge in [0.2, 0.25) is 5.91 Å². The molecule has 0 aliphatic heterocycles. The van der Waals surface area contributed by atoms with Gasteiger partial charge in [0.15, 0.2) is 0 Å². The Labute approximate surface area is 112 Å². The molecule has 0 radical (unpaired) electrons. The Bertz CT molecular complexity index is 449. The fourth-order valence-corrected chi connectivity index (χ4v) is 1.73. The summed E-state index contributed by atoms with van der Waals surface area (Å²) in [4.78, 5) is 21.9. The van der Waals surface area contributed by atoms with Gasteiger partial charge in [-0.2, -0.15) is 0 Å². The van der Waals surface area contributed by atoms with Crippen molar-refractivity contribution in [1.29, 1.82) is 0 Å². The Morgan fingerprint density at radius 2 is 2.21 bits per heavy atom. The van der Waals surface area contributed by atoms with Crippen molar-refractivity contribution in [1.82, 2.24) is 10.6 Å². The lowest BCUT2D eigenvalue weighted by Crippen LogP contribution is -2.27. The van der Waals surface area contributed by atoms with E-state index in [0.29, 0.717) is 6.42 Å². The van der Waals surface area contributed by atoms with E-state index in [9.17, 15) is 14.9 Å². The molecule has 19 heavy (non-hydrogen) atoms. The second kappa shape index (κ2) is 7.48. The summed E-state index contributed by atoms with van der Waals surface area (Å²) >= 11 is 0. The molecule has 0 fully saturated rings. The first kappa shape index (κ1) is 15.1. The van der Waals surface area contributed by atoms with E-state index >= 15 is 0 Å². The molecule has 0 heterocycles. The van der Waals surface area contributed by atoms with Crippen LogP contribution in [-0.4, -0.2) is 24.4 Å². The molecule has 0 saturated carbocycles. The van der Waals surface area contributed by atoms with Gasteiger partial charge in [-0.1, -0.05) is 12.1 Å². The molecule has 1 rings (SSSR count). The second-order valence-corrected chi connectivity index (χ2v) is 4.35. The van der Waals surface area contributed by atoms with E-state index in [0.717, 1.165) is 18.5 Å². The van der Waals surface area contributed by atoms with Crippen LogP contribution >= 0.6 is 0 Å². The summed E-state index contributed by atoms with van der Waals surface area (Å²) in [5.41, 5.74) is 0.768. The summed E-state index contributed by atoms with van der Waals surface area (Å²) in [6.07, 6.45) is 1.21. The van der Waals surface area contributed by atoms with Crippen LogP contribution in [0.15, 0.2) is 24.3 Å². The number of benzene rings is 1. The van der Waals surface area contributed by atoms with Crippen molar-refractivity contribution in [2.45, 2.75) is 25.8 Å². The Morgan fingerprint density at radius 3 is 2.84 bits per heavy atom. The lowest BCUT2D eigenvalue weighted by atomic mass is 10.1. The summed E-state index contributed by atoms with van der Waals surface area (Å²) in [6, 6.07) is 6.08. The third kappa shape index (κ3) is 5.05. The molecule has 104 valence electrons. The van der Waals surface area contributed by atoms with Crippen LogP contribution in [0.1, 0.15) is 31.4 Å². The molecule has 1 aromatic carbocycles. The van der Waals surface area contributed by atoms with Gasteiger partial charge in [0, 0.05) is 18.6 Å². The zero-order valence-electron chi connectivity index (χ0n) is 11.2. The Morgan fingerprint density at radius 1 is 1.47 bits per heavy atom. The maximum Gasteiger partial charge on any atom is 0.269 e. The van der Waals surface area contributed by atoms with Crippen LogP contribution in [0.25, 0.3) is 0 Å². The number of carbonyl (C=O) groups is 1. The van der Waals surface area contributed by atoms with E-state index in [1.54, 1.807) is 12.1 Å². The van der Waals surface area contributed by atoms with Gasteiger partial charge < -0.3 is 10.6 Å². The van der Waals surface area contributed by atoms with Crippen molar-refractivity contribution in [2.24, 2.45) is 0 Å². The van der Waals surface area contributed by atoms with Crippen LogP contribution in [-0.2, 0) is 4.79 Å². The first-order valence-electron chi connectivity index (χ1n) is 6.23. The maximum atomic E-state index is 11.6. The summed E-state index contributed by atoms with van der Waals surface area (Å²) < 4.78 is 0. The average Bonchev–Trinajstić information content (AvgIpc) is 2.39. The van der Waals surface area contributed by atoms with Gasteiger partial charge in [0.05, 0.1) is 11.0 Å². The molecule has 1 atom stereocenters. The molecular formula is C13H19N3O3. The van der Waals surface area contributed by atoms with E-state index in [1.165, 1.54) is 12.1 Å². The summed E-state index contributed by atoms with van der Waals surface area (Å²) in [6.45, 7) is 2.60. The summed E-state index contributed by atoms with van der Waals surface area (Å²) in [5, 5.41) is 16.5. The zero-order valence-corrected chi connectivity index (χ0v) is 11.2. The van der Waals surface area contributed by atoms with Gasteiger partial charge in [-0.25, -0.2) is 0 Å². The second-order valence-electron chi connectivity index (χ2n) is 4.35. The van der Waals surface area contributed by atoms with E-state index in [1.807, 2.05) is 14.0 Å². The van der Waals surface area contributed by atoms with Gasteiger partial charge in [-0.3, -0.25) is 14.9 Å². The SMILES string of the molecule is CNCCCC(=O)NC(C)c1cccc([N+](=O)[O-])c1. The largest absolute Gasteiger partial charge is 0.350 e. The number of nitro benzene ring substituents is 1. The van der Waals surface area contributed by atoms with Gasteiger partial charge in [-0.05, 0) is 32.5 Å². The standard InChI is InChI=1S/C13H19N3O3/c1-10(15-13(17)7-4-8-14-2)11-5-3-6-12(9-11)16(18)19/h3,5-6,9-10,14H,4,7-8H2,1-2H3,(H,15,17). The highest BCUT2D eigenvalue weighted by Gasteiger charge is 2.12. The third-order valence-electron chi connectivity index (χ3n) is 2.79. The zero-order chi connectivity index (χ0) is 14.3. The normalized spacial score (nSPS) is 11.9. The lowest BCUT2D eigenvalue weighted by molar-refractivity contribution is -0.384. The summed E-state index contributed by atoms with van der Waals surface area (Å²) in [7, 11) is 1.84. The number of non-ortho nitro benzene ring substituents is 1. The van der Waals surface area contributed by atoms with Gasteiger partial charge >= 0.3 is 0 Å². The molecule has 1 aromatic rings. The predicted molar refractivity (Wildman–Crippen MR) is 72.8 cm³/mol. The van der Waals surface area contributed by atoms with E-state index in [4.69, 9.17) is 0 Å². The van der Waals surface area contributed by atoms with Crippen molar-refractivity contribution in [3.63, 3.8) is 0 Å². The van der Waals surface area contributed by atoms with Crippen molar-refractivity contribution in [2.75, 3.05) is 13.6 Å². The van der Waals surface area contributed by atoms with Gasteiger partial charge in [0.1, 0.15) is 0 Å². The molecule has 1 amide bonds. The van der Waals surface area contributed by atoms with E-state index < -0.39 is 4.92 Å². The number of rotatable bonds is 7. The minimum atomic E-state index is -0.440. The molecule has 0 aromatic heterocycles. The van der Waals surface area contributed by atoms with Crippen LogP contribution in [0.2, 0.25) is 0 Å². The van der Waals surface area contributed by atoms with Crippen LogP contribution in [0.5, 0.6) is 0 Å². The van der Waals surface area contributed by atoms with Crippen LogP contribution in [0.4, 0.5) is 5.69 Å². The Kier molecular flexibility index (Phi) is 5.95. The maximum absolute atomic E-state index is 11.6. The van der Waals surface area contributed by atoms with E-state index in [2.05, 4.69) is 10.6 Å². The number of nitro groups is 1. The molecule has 6 heteroatoms. The number of hydrogen-bond acceptors (Lipinski definition) is 4. The van der Waals surface area contributed by atoms with Gasteiger partial charge in [0.25, 0.3) is 5.69 Å². The van der Waals surface area contributed by atoms with Crippen molar-refractivity contribution in [3.8, 4) is 0 Å². The number of amides is 1. The third-order valence-corrected chi connectivity index (χ3v) is 2.79. The molecule has 0 aliphatic carbocycles. The number of carbonyl (C=O) groups excluding carboxylic acids is 1. The van der Waals surface area contributed by atoms with Crippen molar-refractivity contribution < 1.29 is 9.72 Å². The summed E-state index contributed by atoms with van der Waals surface area (Å²) in [5.74, 6) is -0.0470. The number of nitrogens with one attached hydrogen (secondary N) is 2.